The van der Waals surface area contributed by atoms with Gasteiger partial charge in [-0.15, -0.1) is 0 Å². The molecule has 5 aromatic rings. The third kappa shape index (κ3) is 5.14. The Bertz CT molecular complexity index is 1680. The lowest BCUT2D eigenvalue weighted by Crippen LogP contribution is -2.35. The highest BCUT2D eigenvalue weighted by Gasteiger charge is 2.28. The zero-order valence-electron chi connectivity index (χ0n) is 20.9. The van der Waals surface area contributed by atoms with Crippen molar-refractivity contribution >= 4 is 32.4 Å². The number of hydrogen-bond donors (Lipinski definition) is 1. The smallest absolute Gasteiger partial charge is 0.257 e. The van der Waals surface area contributed by atoms with Crippen molar-refractivity contribution in [1.29, 1.82) is 0 Å². The van der Waals surface area contributed by atoms with Crippen molar-refractivity contribution in [1.82, 2.24) is 9.29 Å². The second-order valence-corrected chi connectivity index (χ2v) is 12.2. The summed E-state index contributed by atoms with van der Waals surface area (Å²) in [5, 5.41) is 3.37. The summed E-state index contributed by atoms with van der Waals surface area (Å²) in [5.41, 5.74) is 5.34. The number of nitrogens with one attached hydrogen (secondary N) is 1. The van der Waals surface area contributed by atoms with Crippen LogP contribution in [0.25, 0.3) is 21.7 Å². The van der Waals surface area contributed by atoms with Crippen molar-refractivity contribution in [3.63, 3.8) is 0 Å². The highest BCUT2D eigenvalue weighted by atomic mass is 32.2. The number of rotatable bonds is 6. The monoisotopic (exact) mass is 551 g/mol. The Kier molecular flexibility index (Phi) is 6.83. The molecule has 2 heterocycles. The van der Waals surface area contributed by atoms with Crippen LogP contribution in [0.3, 0.4) is 0 Å². The molecule has 0 bridgehead atoms. The molecule has 6 rings (SSSR count). The van der Waals surface area contributed by atoms with Crippen LogP contribution < -0.4 is 5.32 Å². The van der Waals surface area contributed by atoms with Gasteiger partial charge in [0.15, 0.2) is 5.13 Å². The van der Waals surface area contributed by atoms with E-state index in [-0.39, 0.29) is 10.8 Å². The van der Waals surface area contributed by atoms with Crippen molar-refractivity contribution in [3.05, 3.63) is 126 Å². The van der Waals surface area contributed by atoms with Crippen LogP contribution in [0.2, 0.25) is 0 Å². The summed E-state index contributed by atoms with van der Waals surface area (Å²) in [7, 11) is -3.68. The molecule has 1 aliphatic heterocycles. The number of nitrogens with zero attached hydrogens (tertiary/aromatic N) is 2. The molecule has 6 nitrogen and oxygen atoms in total. The molecular formula is C31H25N3O3S2. The van der Waals surface area contributed by atoms with E-state index in [9.17, 15) is 13.2 Å². The number of carbonyl (C=O) groups excluding carboxylic acids is 1. The molecule has 0 aliphatic carbocycles. The van der Waals surface area contributed by atoms with Crippen LogP contribution >= 0.6 is 11.3 Å². The van der Waals surface area contributed by atoms with Crippen molar-refractivity contribution in [3.8, 4) is 21.7 Å². The molecule has 1 aromatic heterocycles. The molecule has 0 unspecified atom stereocenters. The minimum absolute atomic E-state index is 0.172. The van der Waals surface area contributed by atoms with Crippen molar-refractivity contribution < 1.29 is 13.2 Å². The molecule has 0 radical (unpaired) electrons. The van der Waals surface area contributed by atoms with Gasteiger partial charge in [-0.3, -0.25) is 10.1 Å². The number of aromatic nitrogens is 1. The first-order valence-corrected chi connectivity index (χ1v) is 14.8. The van der Waals surface area contributed by atoms with Gasteiger partial charge in [0.05, 0.1) is 15.5 Å². The molecule has 0 fully saturated rings. The van der Waals surface area contributed by atoms with Crippen LogP contribution in [-0.2, 0) is 23.0 Å². The Morgan fingerprint density at radius 3 is 2.08 bits per heavy atom. The summed E-state index contributed by atoms with van der Waals surface area (Å²) >= 11 is 1.41. The summed E-state index contributed by atoms with van der Waals surface area (Å²) in [5.74, 6) is -0.348. The van der Waals surface area contributed by atoms with E-state index < -0.39 is 10.0 Å². The minimum Gasteiger partial charge on any atom is -0.298 e. The molecule has 1 N–H and O–H groups in total. The second-order valence-electron chi connectivity index (χ2n) is 9.26. The number of amides is 1. The number of thiazole rings is 1. The van der Waals surface area contributed by atoms with Gasteiger partial charge < -0.3 is 0 Å². The van der Waals surface area contributed by atoms with E-state index in [1.165, 1.54) is 33.3 Å². The number of carbonyl (C=O) groups is 1. The average molecular weight is 552 g/mol. The number of hydrogen-bond acceptors (Lipinski definition) is 5. The van der Waals surface area contributed by atoms with Crippen molar-refractivity contribution in [2.24, 2.45) is 0 Å². The van der Waals surface area contributed by atoms with Gasteiger partial charge in [0.1, 0.15) is 0 Å². The van der Waals surface area contributed by atoms with Crippen LogP contribution in [0.1, 0.15) is 21.5 Å². The molecule has 8 heteroatoms. The lowest BCUT2D eigenvalue weighted by molar-refractivity contribution is 0.102. The highest BCUT2D eigenvalue weighted by molar-refractivity contribution is 7.89. The lowest BCUT2D eigenvalue weighted by atomic mass is 10.0. The molecule has 4 aromatic carbocycles. The zero-order valence-corrected chi connectivity index (χ0v) is 22.6. The third-order valence-corrected chi connectivity index (χ3v) is 9.66. The van der Waals surface area contributed by atoms with Gasteiger partial charge in [0.2, 0.25) is 10.0 Å². The molecule has 39 heavy (non-hydrogen) atoms. The van der Waals surface area contributed by atoms with Crippen molar-refractivity contribution in [2.45, 2.75) is 17.9 Å². The van der Waals surface area contributed by atoms with E-state index in [1.807, 2.05) is 84.9 Å². The Labute approximate surface area is 231 Å². The summed E-state index contributed by atoms with van der Waals surface area (Å²) in [6.07, 6.45) is 0.680. The third-order valence-electron chi connectivity index (χ3n) is 6.78. The van der Waals surface area contributed by atoms with Crippen LogP contribution in [0.4, 0.5) is 5.13 Å². The fourth-order valence-electron chi connectivity index (χ4n) is 4.72. The first kappa shape index (κ1) is 25.2. The Morgan fingerprint density at radius 1 is 0.769 bits per heavy atom. The summed E-state index contributed by atoms with van der Waals surface area (Å²) in [4.78, 5) is 19.0. The molecule has 0 atom stereocenters. The first-order chi connectivity index (χ1) is 19.0. The fraction of sp³-hybridized carbons (Fsp3) is 0.0968. The van der Waals surface area contributed by atoms with Gasteiger partial charge >= 0.3 is 0 Å². The number of benzene rings is 4. The standard InChI is InChI=1S/C31H25N3O3S2/c35-30(33-31-32-28(23-10-3-1-4-11-23)29(38-31)24-12-5-2-6-13-24)25-15-17-27(18-16-25)39(36,37)34-20-19-22-9-7-8-14-26(22)21-34/h1-18H,19-21H2,(H,32,33,35). The Hall–Kier alpha value is -4.11. The second kappa shape index (κ2) is 10.6. The van der Waals surface area contributed by atoms with Gasteiger partial charge in [0, 0.05) is 24.2 Å². The van der Waals surface area contributed by atoms with E-state index >= 15 is 0 Å². The number of sulfonamides is 1. The van der Waals surface area contributed by atoms with Crippen LogP contribution in [0.5, 0.6) is 0 Å². The Morgan fingerprint density at radius 2 is 1.38 bits per heavy atom. The van der Waals surface area contributed by atoms with Crippen molar-refractivity contribution in [2.75, 3.05) is 11.9 Å². The molecule has 1 aliphatic rings. The first-order valence-electron chi connectivity index (χ1n) is 12.6. The predicted octanol–water partition coefficient (Wildman–Crippen LogP) is 6.48. The maximum atomic E-state index is 13.3. The predicted molar refractivity (Wildman–Crippen MR) is 155 cm³/mol. The maximum absolute atomic E-state index is 13.3. The summed E-state index contributed by atoms with van der Waals surface area (Å²) in [6.45, 7) is 0.775. The van der Waals surface area contributed by atoms with Gasteiger partial charge in [-0.1, -0.05) is 96.3 Å². The maximum Gasteiger partial charge on any atom is 0.257 e. The quantitative estimate of drug-likeness (QED) is 0.262. The van der Waals surface area contributed by atoms with Gasteiger partial charge in [-0.2, -0.15) is 4.31 Å². The topological polar surface area (TPSA) is 79.4 Å². The Balaban J connectivity index is 1.22. The SMILES string of the molecule is O=C(Nc1nc(-c2ccccc2)c(-c2ccccc2)s1)c1ccc(S(=O)(=O)N2CCc3ccccc3C2)cc1. The molecule has 0 spiro atoms. The van der Waals surface area contributed by atoms with Crippen LogP contribution in [0, 0.1) is 0 Å². The van der Waals surface area contributed by atoms with E-state index in [2.05, 4.69) is 5.32 Å². The molecule has 0 saturated heterocycles. The normalized spacial score (nSPS) is 13.5. The molecule has 0 saturated carbocycles. The van der Waals surface area contributed by atoms with Gasteiger partial charge in [-0.25, -0.2) is 13.4 Å². The lowest BCUT2D eigenvalue weighted by Gasteiger charge is -2.28. The van der Waals surface area contributed by atoms with E-state index in [4.69, 9.17) is 4.98 Å². The van der Waals surface area contributed by atoms with Gasteiger partial charge in [0.25, 0.3) is 5.91 Å². The largest absolute Gasteiger partial charge is 0.298 e. The average Bonchev–Trinajstić information content (AvgIpc) is 3.41. The minimum atomic E-state index is -3.68. The van der Waals surface area contributed by atoms with Gasteiger partial charge in [-0.05, 0) is 47.4 Å². The molecule has 194 valence electrons. The van der Waals surface area contributed by atoms with E-state index in [0.29, 0.717) is 30.2 Å². The molecular weight excluding hydrogens is 526 g/mol. The molecule has 1 amide bonds. The van der Waals surface area contributed by atoms with Crippen LogP contribution in [0.15, 0.2) is 114 Å². The number of fused-ring (bicyclic) bond motifs is 1. The highest BCUT2D eigenvalue weighted by Crippen LogP contribution is 2.39. The summed E-state index contributed by atoms with van der Waals surface area (Å²) in [6, 6.07) is 33.8. The fourth-order valence-corrected chi connectivity index (χ4v) is 7.13. The number of anilines is 1. The summed E-state index contributed by atoms with van der Waals surface area (Å²) < 4.78 is 28.1. The van der Waals surface area contributed by atoms with Crippen LogP contribution in [-0.4, -0.2) is 30.2 Å². The van der Waals surface area contributed by atoms with E-state index in [1.54, 1.807) is 12.1 Å². The zero-order chi connectivity index (χ0) is 26.8. The van der Waals surface area contributed by atoms with E-state index in [0.717, 1.165) is 27.3 Å².